The van der Waals surface area contributed by atoms with Crippen molar-refractivity contribution in [1.29, 1.82) is 5.26 Å². The van der Waals surface area contributed by atoms with Crippen LogP contribution in [0.5, 0.6) is 5.75 Å². The molecule has 10 nitrogen and oxygen atoms in total. The van der Waals surface area contributed by atoms with E-state index in [1.165, 1.54) is 24.3 Å². The van der Waals surface area contributed by atoms with Crippen LogP contribution in [0.3, 0.4) is 0 Å². The molecule has 0 spiro atoms. The van der Waals surface area contributed by atoms with Gasteiger partial charge in [0.25, 0.3) is 0 Å². The lowest BCUT2D eigenvalue weighted by Crippen LogP contribution is -2.59. The summed E-state index contributed by atoms with van der Waals surface area (Å²) in [6.07, 6.45) is -8.98. The zero-order valence-corrected chi connectivity index (χ0v) is 14.7. The van der Waals surface area contributed by atoms with Crippen molar-refractivity contribution in [3.63, 3.8) is 0 Å². The average molecular weight is 395 g/mol. The summed E-state index contributed by atoms with van der Waals surface area (Å²) >= 11 is 0. The van der Waals surface area contributed by atoms with E-state index >= 15 is 0 Å². The molecule has 5 N–H and O–H groups in total. The molecule has 1 saturated heterocycles. The maximum atomic E-state index is 12.0. The van der Waals surface area contributed by atoms with E-state index in [0.717, 1.165) is 0 Å². The van der Waals surface area contributed by atoms with Gasteiger partial charge < -0.3 is 39.7 Å². The highest BCUT2D eigenvalue weighted by molar-refractivity contribution is 5.89. The number of nitriles is 1. The monoisotopic (exact) mass is 395 g/mol. The maximum Gasteiger partial charge on any atom is 0.338 e. The summed E-state index contributed by atoms with van der Waals surface area (Å²) in [5.41, 5.74) is 0.209. The third-order valence-electron chi connectivity index (χ3n) is 4.10. The summed E-state index contributed by atoms with van der Waals surface area (Å²) in [6.45, 7) is 2.58. The number of ether oxygens (including phenoxy) is 3. The second-order valence-electron chi connectivity index (χ2n) is 6.12. The van der Waals surface area contributed by atoms with E-state index in [2.05, 4.69) is 6.58 Å². The van der Waals surface area contributed by atoms with Crippen molar-refractivity contribution in [2.75, 3.05) is 13.2 Å². The number of aliphatic hydroxyl groups is 4. The summed E-state index contributed by atoms with van der Waals surface area (Å²) < 4.78 is 15.5. The Morgan fingerprint density at radius 3 is 2.43 bits per heavy atom. The first-order chi connectivity index (χ1) is 13.3. The van der Waals surface area contributed by atoms with E-state index in [9.17, 15) is 30.5 Å². The first-order valence-electron chi connectivity index (χ1n) is 8.28. The van der Waals surface area contributed by atoms with Gasteiger partial charge in [-0.15, -0.1) is 0 Å². The van der Waals surface area contributed by atoms with Gasteiger partial charge in [-0.2, -0.15) is 5.26 Å². The molecule has 0 saturated carbocycles. The second-order valence-corrected chi connectivity index (χ2v) is 6.12. The Labute approximate surface area is 160 Å². The molecule has 2 rings (SSSR count). The molecule has 1 aromatic rings. The largest absolute Gasteiger partial charge is 0.508 e. The van der Waals surface area contributed by atoms with Crippen molar-refractivity contribution in [2.24, 2.45) is 0 Å². The predicted octanol–water partition coefficient (Wildman–Crippen LogP) is -1.19. The van der Waals surface area contributed by atoms with E-state index in [4.69, 9.17) is 19.3 Å². The van der Waals surface area contributed by atoms with Crippen LogP contribution in [-0.4, -0.2) is 81.5 Å². The van der Waals surface area contributed by atoms with Gasteiger partial charge in [-0.05, 0) is 24.3 Å². The van der Waals surface area contributed by atoms with E-state index in [-0.39, 0.29) is 23.5 Å². The highest BCUT2D eigenvalue weighted by Crippen LogP contribution is 2.24. The van der Waals surface area contributed by atoms with Gasteiger partial charge in [-0.25, -0.2) is 4.79 Å². The lowest BCUT2D eigenvalue weighted by molar-refractivity contribution is -0.304. The third kappa shape index (κ3) is 5.05. The molecule has 6 atom stereocenters. The van der Waals surface area contributed by atoms with Gasteiger partial charge >= 0.3 is 5.97 Å². The number of carbonyl (C=O) groups excluding carboxylic acids is 1. The fourth-order valence-corrected chi connectivity index (χ4v) is 2.45. The summed E-state index contributed by atoms with van der Waals surface area (Å²) in [7, 11) is 0. The van der Waals surface area contributed by atoms with Crippen molar-refractivity contribution < 1.29 is 44.5 Å². The molecule has 0 bridgehead atoms. The number of esters is 1. The molecular formula is C18H21NO9. The lowest BCUT2D eigenvalue weighted by atomic mass is 9.99. The van der Waals surface area contributed by atoms with Crippen LogP contribution in [-0.2, 0) is 14.2 Å². The summed E-state index contributed by atoms with van der Waals surface area (Å²) in [6, 6.07) is 7.09. The number of hydrogen-bond donors (Lipinski definition) is 5. The molecule has 1 aliphatic rings. The van der Waals surface area contributed by atoms with Crippen LogP contribution in [0.2, 0.25) is 0 Å². The summed E-state index contributed by atoms with van der Waals surface area (Å²) in [5, 5.41) is 57.1. The zero-order chi connectivity index (χ0) is 20.8. The van der Waals surface area contributed by atoms with Gasteiger partial charge in [-0.3, -0.25) is 0 Å². The van der Waals surface area contributed by atoms with Crippen molar-refractivity contribution in [3.8, 4) is 11.8 Å². The topological polar surface area (TPSA) is 170 Å². The lowest BCUT2D eigenvalue weighted by Gasteiger charge is -2.40. The molecule has 1 heterocycles. The molecule has 0 amide bonds. The van der Waals surface area contributed by atoms with E-state index in [1.54, 1.807) is 6.07 Å². The van der Waals surface area contributed by atoms with Gasteiger partial charge in [0.1, 0.15) is 36.8 Å². The normalized spacial score (nSPS) is 28.2. The minimum atomic E-state index is -1.68. The van der Waals surface area contributed by atoms with Crippen LogP contribution in [0.4, 0.5) is 0 Å². The first-order valence-corrected chi connectivity index (χ1v) is 8.28. The van der Waals surface area contributed by atoms with Crippen molar-refractivity contribution in [1.82, 2.24) is 0 Å². The van der Waals surface area contributed by atoms with Gasteiger partial charge in [0.05, 0.1) is 18.2 Å². The van der Waals surface area contributed by atoms with Gasteiger partial charge in [0.15, 0.2) is 12.4 Å². The second kappa shape index (κ2) is 9.61. The van der Waals surface area contributed by atoms with Crippen LogP contribution in [0.25, 0.3) is 0 Å². The van der Waals surface area contributed by atoms with Gasteiger partial charge in [0.2, 0.25) is 0 Å². The number of nitrogens with zero attached hydrogens (tertiary/aromatic N) is 1. The molecule has 1 fully saturated rings. The Morgan fingerprint density at radius 1 is 1.21 bits per heavy atom. The van der Waals surface area contributed by atoms with Crippen molar-refractivity contribution >= 4 is 5.97 Å². The Morgan fingerprint density at radius 2 is 1.86 bits per heavy atom. The fraction of sp³-hybridized carbons (Fsp3) is 0.444. The highest BCUT2D eigenvalue weighted by atomic mass is 16.7. The van der Waals surface area contributed by atoms with Gasteiger partial charge in [-0.1, -0.05) is 6.58 Å². The van der Waals surface area contributed by atoms with Crippen LogP contribution >= 0.6 is 0 Å². The van der Waals surface area contributed by atoms with Crippen molar-refractivity contribution in [2.45, 2.75) is 36.8 Å². The highest BCUT2D eigenvalue weighted by Gasteiger charge is 2.45. The van der Waals surface area contributed by atoms with E-state index in [0.29, 0.717) is 0 Å². The van der Waals surface area contributed by atoms with Crippen LogP contribution in [0, 0.1) is 11.3 Å². The van der Waals surface area contributed by atoms with E-state index < -0.39 is 49.4 Å². The molecule has 0 aromatic heterocycles. The van der Waals surface area contributed by atoms with Crippen LogP contribution in [0.1, 0.15) is 10.4 Å². The van der Waals surface area contributed by atoms with E-state index in [1.807, 2.05) is 0 Å². The first kappa shape index (κ1) is 21.8. The summed E-state index contributed by atoms with van der Waals surface area (Å²) in [4.78, 5) is 12.0. The predicted molar refractivity (Wildman–Crippen MR) is 91.8 cm³/mol. The Hall–Kier alpha value is -2.52. The number of phenolic OH excluding ortho intramolecular Hbond substituents is 1. The maximum absolute atomic E-state index is 12.0. The zero-order valence-electron chi connectivity index (χ0n) is 14.7. The number of aliphatic hydroxyl groups excluding tert-OH is 4. The molecule has 10 heteroatoms. The molecule has 0 aliphatic carbocycles. The van der Waals surface area contributed by atoms with Crippen LogP contribution < -0.4 is 0 Å². The molecule has 28 heavy (non-hydrogen) atoms. The minimum Gasteiger partial charge on any atom is -0.508 e. The van der Waals surface area contributed by atoms with Gasteiger partial charge in [0, 0.05) is 5.57 Å². The van der Waals surface area contributed by atoms with Crippen LogP contribution in [0.15, 0.2) is 36.4 Å². The molecule has 1 aromatic carbocycles. The number of rotatable bonds is 7. The number of hydrogen-bond acceptors (Lipinski definition) is 10. The number of phenols is 1. The molecule has 0 radical (unpaired) electrons. The fourth-order valence-electron chi connectivity index (χ4n) is 2.45. The smallest absolute Gasteiger partial charge is 0.338 e. The summed E-state index contributed by atoms with van der Waals surface area (Å²) in [5.74, 6) is -0.732. The number of aromatic hydroxyl groups is 1. The SMILES string of the molecule is C=C(COC(=O)c1ccc(O)cc1)C(C#N)OC1OC(CO)C(O)C(O)C1O. The number of benzene rings is 1. The number of carbonyl (C=O) groups is 1. The molecule has 152 valence electrons. The standard InChI is InChI=1S/C18H21NO9/c1-9(8-26-17(25)10-2-4-11(21)5-3-10)12(6-19)27-18-16(24)15(23)14(22)13(7-20)28-18/h2-5,12-16,18,20-24H,1,7-8H2. The average Bonchev–Trinajstić information content (AvgIpc) is 2.70. The van der Waals surface area contributed by atoms with Crippen molar-refractivity contribution in [3.05, 3.63) is 42.0 Å². The minimum absolute atomic E-state index is 0.0153. The Kier molecular flexibility index (Phi) is 7.47. The molecular weight excluding hydrogens is 374 g/mol. The quantitative estimate of drug-likeness (QED) is 0.279. The Balaban J connectivity index is 1.95. The third-order valence-corrected chi connectivity index (χ3v) is 4.10. The Bertz CT molecular complexity index is 728. The molecule has 1 aliphatic heterocycles. The molecule has 6 unspecified atom stereocenters.